The fourth-order valence-corrected chi connectivity index (χ4v) is 2.28. The van der Waals surface area contributed by atoms with Gasteiger partial charge in [0.1, 0.15) is 0 Å². The van der Waals surface area contributed by atoms with E-state index in [-0.39, 0.29) is 11.8 Å². The molecule has 0 bridgehead atoms. The highest BCUT2D eigenvalue weighted by atomic mass is 16.1. The zero-order chi connectivity index (χ0) is 12.0. The molecule has 4 nitrogen and oxygen atoms in total. The van der Waals surface area contributed by atoms with Crippen LogP contribution in [-0.4, -0.2) is 44.0 Å². The lowest BCUT2D eigenvalue weighted by Crippen LogP contribution is -2.40. The predicted octanol–water partition coefficient (Wildman–Crippen LogP) is 0.429. The molecule has 3 N–H and O–H groups in total. The van der Waals surface area contributed by atoms with Gasteiger partial charge in [0, 0.05) is 12.5 Å². The summed E-state index contributed by atoms with van der Waals surface area (Å²) < 4.78 is 0. The number of carbonyl (C=O) groups is 1. The second-order valence-electron chi connectivity index (χ2n) is 4.94. The van der Waals surface area contributed by atoms with E-state index < -0.39 is 0 Å². The number of carbonyl (C=O) groups excluding carboxylic acids is 1. The molecule has 1 heterocycles. The summed E-state index contributed by atoms with van der Waals surface area (Å²) in [6.07, 6.45) is 3.79. The maximum Gasteiger partial charge on any atom is 0.221 e. The van der Waals surface area contributed by atoms with Crippen molar-refractivity contribution in [2.24, 2.45) is 17.6 Å². The minimum absolute atomic E-state index is 0.0196. The van der Waals surface area contributed by atoms with Gasteiger partial charge in [0.2, 0.25) is 5.91 Å². The highest BCUT2D eigenvalue weighted by Gasteiger charge is 2.21. The second kappa shape index (κ2) is 6.86. The molecular weight excluding hydrogens is 202 g/mol. The molecule has 1 aliphatic heterocycles. The molecule has 1 aliphatic rings. The van der Waals surface area contributed by atoms with Crippen LogP contribution in [0.2, 0.25) is 0 Å². The van der Waals surface area contributed by atoms with Gasteiger partial charge < -0.3 is 16.0 Å². The number of nitrogens with zero attached hydrogens (tertiary/aromatic N) is 1. The second-order valence-corrected chi connectivity index (χ2v) is 4.94. The van der Waals surface area contributed by atoms with Crippen molar-refractivity contribution >= 4 is 5.91 Å². The van der Waals surface area contributed by atoms with E-state index in [0.717, 1.165) is 32.1 Å². The molecule has 0 radical (unpaired) electrons. The topological polar surface area (TPSA) is 58.4 Å². The summed E-state index contributed by atoms with van der Waals surface area (Å²) in [5.41, 5.74) is 5.27. The Hall–Kier alpha value is -0.610. The van der Waals surface area contributed by atoms with Crippen molar-refractivity contribution in [1.82, 2.24) is 10.2 Å². The summed E-state index contributed by atoms with van der Waals surface area (Å²) >= 11 is 0. The first-order valence-corrected chi connectivity index (χ1v) is 6.29. The summed E-state index contributed by atoms with van der Waals surface area (Å²) in [5, 5.41) is 3.20. The average molecular weight is 227 g/mol. The SMILES string of the molecule is CNCCC1CCN(CC(C)C(N)=O)CC1. The molecule has 0 aliphatic carbocycles. The quantitative estimate of drug-likeness (QED) is 0.692. The van der Waals surface area contributed by atoms with Gasteiger partial charge in [-0.15, -0.1) is 0 Å². The van der Waals surface area contributed by atoms with E-state index in [9.17, 15) is 4.79 Å². The van der Waals surface area contributed by atoms with Gasteiger partial charge in [0.15, 0.2) is 0 Å². The Morgan fingerprint density at radius 1 is 1.50 bits per heavy atom. The lowest BCUT2D eigenvalue weighted by atomic mass is 9.93. The van der Waals surface area contributed by atoms with E-state index in [0.29, 0.717) is 0 Å². The first-order chi connectivity index (χ1) is 7.63. The third-order valence-corrected chi connectivity index (χ3v) is 3.53. The van der Waals surface area contributed by atoms with Crippen LogP contribution in [0.4, 0.5) is 0 Å². The maximum atomic E-state index is 11.0. The molecule has 0 aromatic carbocycles. The lowest BCUT2D eigenvalue weighted by molar-refractivity contribution is -0.121. The van der Waals surface area contributed by atoms with Crippen LogP contribution < -0.4 is 11.1 Å². The van der Waals surface area contributed by atoms with Gasteiger partial charge in [0.25, 0.3) is 0 Å². The van der Waals surface area contributed by atoms with E-state index in [1.165, 1.54) is 19.3 Å². The fourth-order valence-electron chi connectivity index (χ4n) is 2.28. The molecule has 4 heteroatoms. The smallest absolute Gasteiger partial charge is 0.221 e. The molecule has 94 valence electrons. The Labute approximate surface area is 98.6 Å². The van der Waals surface area contributed by atoms with Crippen LogP contribution in [0.15, 0.2) is 0 Å². The van der Waals surface area contributed by atoms with E-state index >= 15 is 0 Å². The summed E-state index contributed by atoms with van der Waals surface area (Å²) in [4.78, 5) is 13.3. The first kappa shape index (κ1) is 13.5. The molecule has 0 spiro atoms. The van der Waals surface area contributed by atoms with E-state index in [1.807, 2.05) is 14.0 Å². The van der Waals surface area contributed by atoms with Crippen molar-refractivity contribution in [2.75, 3.05) is 33.2 Å². The highest BCUT2D eigenvalue weighted by Crippen LogP contribution is 2.20. The van der Waals surface area contributed by atoms with Crippen molar-refractivity contribution < 1.29 is 4.79 Å². The molecule has 16 heavy (non-hydrogen) atoms. The number of amides is 1. The fraction of sp³-hybridized carbons (Fsp3) is 0.917. The lowest BCUT2D eigenvalue weighted by Gasteiger charge is -2.33. The third-order valence-electron chi connectivity index (χ3n) is 3.53. The summed E-state index contributed by atoms with van der Waals surface area (Å²) in [6.45, 7) is 6.09. The number of primary amides is 1. The van der Waals surface area contributed by atoms with Gasteiger partial charge in [-0.1, -0.05) is 6.92 Å². The number of hydrogen-bond acceptors (Lipinski definition) is 3. The minimum Gasteiger partial charge on any atom is -0.369 e. The van der Waals surface area contributed by atoms with E-state index in [2.05, 4.69) is 10.2 Å². The van der Waals surface area contributed by atoms with Crippen molar-refractivity contribution in [3.05, 3.63) is 0 Å². The van der Waals surface area contributed by atoms with Gasteiger partial charge in [-0.05, 0) is 51.9 Å². The Balaban J connectivity index is 2.19. The molecule has 1 atom stereocenters. The van der Waals surface area contributed by atoms with Crippen molar-refractivity contribution in [1.29, 1.82) is 0 Å². The number of piperidine rings is 1. The molecular formula is C12H25N3O. The zero-order valence-electron chi connectivity index (χ0n) is 10.5. The number of rotatable bonds is 6. The Kier molecular flexibility index (Phi) is 5.77. The molecule has 0 saturated carbocycles. The van der Waals surface area contributed by atoms with Crippen LogP contribution in [0.25, 0.3) is 0 Å². The number of likely N-dealkylation sites (tertiary alicyclic amines) is 1. The normalized spacial score (nSPS) is 20.9. The molecule has 1 unspecified atom stereocenters. The minimum atomic E-state index is -0.183. The molecule has 0 aromatic heterocycles. The number of nitrogens with one attached hydrogen (secondary N) is 1. The Bertz CT molecular complexity index is 212. The monoisotopic (exact) mass is 227 g/mol. The van der Waals surface area contributed by atoms with Gasteiger partial charge in [0.05, 0.1) is 0 Å². The van der Waals surface area contributed by atoms with Crippen LogP contribution in [-0.2, 0) is 4.79 Å². The Morgan fingerprint density at radius 2 is 2.12 bits per heavy atom. The molecule has 1 saturated heterocycles. The van der Waals surface area contributed by atoms with Crippen molar-refractivity contribution in [3.8, 4) is 0 Å². The predicted molar refractivity (Wildman–Crippen MR) is 66.1 cm³/mol. The molecule has 1 rings (SSSR count). The zero-order valence-corrected chi connectivity index (χ0v) is 10.5. The summed E-state index contributed by atoms with van der Waals surface area (Å²) in [7, 11) is 2.00. The highest BCUT2D eigenvalue weighted by molar-refractivity contribution is 5.76. The van der Waals surface area contributed by atoms with Crippen LogP contribution in [0.1, 0.15) is 26.2 Å². The van der Waals surface area contributed by atoms with Crippen LogP contribution in [0.3, 0.4) is 0 Å². The average Bonchev–Trinajstić information content (AvgIpc) is 2.28. The molecule has 1 fully saturated rings. The summed E-state index contributed by atoms with van der Waals surface area (Å²) in [5.74, 6) is 0.652. The Morgan fingerprint density at radius 3 is 2.62 bits per heavy atom. The number of hydrogen-bond donors (Lipinski definition) is 2. The maximum absolute atomic E-state index is 11.0. The van der Waals surface area contributed by atoms with Crippen LogP contribution in [0, 0.1) is 11.8 Å². The first-order valence-electron chi connectivity index (χ1n) is 6.29. The standard InChI is InChI=1S/C12H25N3O/c1-10(12(13)16)9-15-7-4-11(5-8-15)3-6-14-2/h10-11,14H,3-9H2,1-2H3,(H2,13,16). The van der Waals surface area contributed by atoms with Crippen LogP contribution in [0.5, 0.6) is 0 Å². The van der Waals surface area contributed by atoms with Crippen molar-refractivity contribution in [2.45, 2.75) is 26.2 Å². The van der Waals surface area contributed by atoms with Gasteiger partial charge in [-0.2, -0.15) is 0 Å². The van der Waals surface area contributed by atoms with Crippen LogP contribution >= 0.6 is 0 Å². The number of nitrogens with two attached hydrogens (primary N) is 1. The van der Waals surface area contributed by atoms with Gasteiger partial charge >= 0.3 is 0 Å². The van der Waals surface area contributed by atoms with Gasteiger partial charge in [-0.3, -0.25) is 4.79 Å². The van der Waals surface area contributed by atoms with E-state index in [1.54, 1.807) is 0 Å². The summed E-state index contributed by atoms with van der Waals surface area (Å²) in [6, 6.07) is 0. The largest absolute Gasteiger partial charge is 0.369 e. The van der Waals surface area contributed by atoms with E-state index in [4.69, 9.17) is 5.73 Å². The molecule has 1 amide bonds. The van der Waals surface area contributed by atoms with Crippen molar-refractivity contribution in [3.63, 3.8) is 0 Å². The van der Waals surface area contributed by atoms with Gasteiger partial charge in [-0.25, -0.2) is 0 Å². The molecule has 0 aromatic rings. The third kappa shape index (κ3) is 4.49.